The number of rotatable bonds is 8. The summed E-state index contributed by atoms with van der Waals surface area (Å²) in [6.07, 6.45) is 3.84. The van der Waals surface area contributed by atoms with E-state index in [0.29, 0.717) is 24.8 Å². The molecule has 0 bridgehead atoms. The molecule has 1 aromatic heterocycles. The number of hydrogen-bond acceptors (Lipinski definition) is 4. The molecule has 2 rings (SSSR count). The highest BCUT2D eigenvalue weighted by Gasteiger charge is 2.07. The molecule has 0 saturated carbocycles. The Hall–Kier alpha value is -1.97. The third-order valence-corrected chi connectivity index (χ3v) is 3.91. The number of guanidine groups is 1. The van der Waals surface area contributed by atoms with E-state index in [0.717, 1.165) is 29.6 Å². The zero-order chi connectivity index (χ0) is 18.9. The molecule has 0 spiro atoms. The van der Waals surface area contributed by atoms with Crippen molar-refractivity contribution in [1.82, 2.24) is 20.2 Å². The van der Waals surface area contributed by atoms with Gasteiger partial charge in [-0.1, -0.05) is 19.9 Å². The Morgan fingerprint density at radius 1 is 1.15 bits per heavy atom. The predicted molar refractivity (Wildman–Crippen MR) is 119 cm³/mol. The van der Waals surface area contributed by atoms with Gasteiger partial charge in [0, 0.05) is 32.5 Å². The highest BCUT2D eigenvalue weighted by Crippen LogP contribution is 2.27. The molecule has 0 aliphatic carbocycles. The fourth-order valence-electron chi connectivity index (χ4n) is 2.63. The quantitative estimate of drug-likeness (QED) is 0.340. The average Bonchev–Trinajstić information content (AvgIpc) is 3.07. The maximum atomic E-state index is 5.34. The van der Waals surface area contributed by atoms with Crippen molar-refractivity contribution >= 4 is 29.9 Å². The van der Waals surface area contributed by atoms with Crippen molar-refractivity contribution in [2.24, 2.45) is 10.9 Å². The van der Waals surface area contributed by atoms with Gasteiger partial charge in [-0.15, -0.1) is 24.0 Å². The van der Waals surface area contributed by atoms with E-state index in [2.05, 4.69) is 39.0 Å². The molecule has 0 amide bonds. The Morgan fingerprint density at radius 2 is 1.85 bits per heavy atom. The van der Waals surface area contributed by atoms with Crippen LogP contribution in [0.4, 0.5) is 0 Å². The summed E-state index contributed by atoms with van der Waals surface area (Å²) < 4.78 is 12.8. The third-order valence-electron chi connectivity index (χ3n) is 3.91. The zero-order valence-electron chi connectivity index (χ0n) is 16.7. The minimum Gasteiger partial charge on any atom is -0.493 e. The van der Waals surface area contributed by atoms with Crippen LogP contribution >= 0.6 is 24.0 Å². The van der Waals surface area contributed by atoms with Crippen molar-refractivity contribution in [2.75, 3.05) is 21.3 Å². The molecule has 0 unspecified atom stereocenters. The average molecular weight is 487 g/mol. The standard InChI is InChI=1S/C19H29N5O2.HI/c1-14(2)13-24-9-8-21-18(24)12-23-19(20-3)22-11-15-6-7-16(25-4)17(10-15)26-5;/h6-10,14H,11-13H2,1-5H3,(H2,20,22,23);1H. The highest BCUT2D eigenvalue weighted by atomic mass is 127. The van der Waals surface area contributed by atoms with Crippen molar-refractivity contribution in [3.8, 4) is 11.5 Å². The second kappa shape index (κ2) is 11.7. The van der Waals surface area contributed by atoms with Crippen LogP contribution in [-0.4, -0.2) is 36.8 Å². The first-order chi connectivity index (χ1) is 12.6. The van der Waals surface area contributed by atoms with Crippen LogP contribution in [0.15, 0.2) is 35.6 Å². The van der Waals surface area contributed by atoms with Gasteiger partial charge in [-0.2, -0.15) is 0 Å². The van der Waals surface area contributed by atoms with E-state index in [-0.39, 0.29) is 24.0 Å². The molecular weight excluding hydrogens is 457 g/mol. The lowest BCUT2D eigenvalue weighted by molar-refractivity contribution is 0.354. The van der Waals surface area contributed by atoms with Crippen molar-refractivity contribution in [2.45, 2.75) is 33.5 Å². The van der Waals surface area contributed by atoms with Gasteiger partial charge in [0.05, 0.1) is 20.8 Å². The Bertz CT molecular complexity index is 731. The van der Waals surface area contributed by atoms with Crippen LogP contribution < -0.4 is 20.1 Å². The molecule has 0 aliphatic rings. The molecule has 0 aliphatic heterocycles. The Balaban J connectivity index is 0.00000364. The normalized spacial score (nSPS) is 11.1. The van der Waals surface area contributed by atoms with Gasteiger partial charge in [0.2, 0.25) is 0 Å². The SMILES string of the molecule is CN=C(NCc1ccc(OC)c(OC)c1)NCc1nccn1CC(C)C.I. The van der Waals surface area contributed by atoms with E-state index in [4.69, 9.17) is 9.47 Å². The van der Waals surface area contributed by atoms with Gasteiger partial charge in [-0.25, -0.2) is 4.98 Å². The predicted octanol–water partition coefficient (Wildman–Crippen LogP) is 3.04. The topological polar surface area (TPSA) is 72.7 Å². The van der Waals surface area contributed by atoms with Crippen LogP contribution in [0.5, 0.6) is 11.5 Å². The van der Waals surface area contributed by atoms with E-state index >= 15 is 0 Å². The first-order valence-corrected chi connectivity index (χ1v) is 8.72. The van der Waals surface area contributed by atoms with E-state index < -0.39 is 0 Å². The molecule has 2 N–H and O–H groups in total. The highest BCUT2D eigenvalue weighted by molar-refractivity contribution is 14.0. The summed E-state index contributed by atoms with van der Waals surface area (Å²) in [6, 6.07) is 5.85. The fourth-order valence-corrected chi connectivity index (χ4v) is 2.63. The van der Waals surface area contributed by atoms with Crippen LogP contribution in [0.25, 0.3) is 0 Å². The lowest BCUT2D eigenvalue weighted by Gasteiger charge is -2.15. The van der Waals surface area contributed by atoms with E-state index in [1.54, 1.807) is 21.3 Å². The third kappa shape index (κ3) is 6.93. The summed E-state index contributed by atoms with van der Waals surface area (Å²) in [7, 11) is 5.02. The number of nitrogens with one attached hydrogen (secondary N) is 2. The Kier molecular flexibility index (Phi) is 9.98. The molecule has 150 valence electrons. The summed E-state index contributed by atoms with van der Waals surface area (Å²) in [4.78, 5) is 8.69. The van der Waals surface area contributed by atoms with Crippen LogP contribution in [0.2, 0.25) is 0 Å². The maximum Gasteiger partial charge on any atom is 0.191 e. The van der Waals surface area contributed by atoms with E-state index in [1.165, 1.54) is 0 Å². The number of imidazole rings is 1. The van der Waals surface area contributed by atoms with Gasteiger partial charge in [0.1, 0.15) is 5.82 Å². The molecule has 0 atom stereocenters. The molecule has 8 heteroatoms. The van der Waals surface area contributed by atoms with Gasteiger partial charge < -0.3 is 24.7 Å². The number of ether oxygens (including phenoxy) is 2. The number of nitrogens with zero attached hydrogens (tertiary/aromatic N) is 3. The number of aliphatic imine (C=N–C) groups is 1. The molecular formula is C19H30IN5O2. The second-order valence-electron chi connectivity index (χ2n) is 6.36. The molecule has 0 radical (unpaired) electrons. The number of hydrogen-bond donors (Lipinski definition) is 2. The van der Waals surface area contributed by atoms with E-state index in [1.807, 2.05) is 30.6 Å². The minimum absolute atomic E-state index is 0. The largest absolute Gasteiger partial charge is 0.493 e. The molecule has 27 heavy (non-hydrogen) atoms. The first kappa shape index (κ1) is 23.1. The summed E-state index contributed by atoms with van der Waals surface area (Å²) in [5.41, 5.74) is 1.08. The van der Waals surface area contributed by atoms with Crippen molar-refractivity contribution in [3.63, 3.8) is 0 Å². The number of halogens is 1. The number of methoxy groups -OCH3 is 2. The summed E-state index contributed by atoms with van der Waals surface area (Å²) in [6.45, 7) is 6.59. The van der Waals surface area contributed by atoms with Gasteiger partial charge >= 0.3 is 0 Å². The van der Waals surface area contributed by atoms with Crippen LogP contribution in [0, 0.1) is 5.92 Å². The monoisotopic (exact) mass is 487 g/mol. The Labute approximate surface area is 178 Å². The molecule has 2 aromatic rings. The van der Waals surface area contributed by atoms with Crippen LogP contribution in [-0.2, 0) is 19.6 Å². The maximum absolute atomic E-state index is 5.34. The molecule has 0 fully saturated rings. The molecule has 0 saturated heterocycles. The van der Waals surface area contributed by atoms with Crippen LogP contribution in [0.1, 0.15) is 25.2 Å². The summed E-state index contributed by atoms with van der Waals surface area (Å²) >= 11 is 0. The minimum atomic E-state index is 0. The second-order valence-corrected chi connectivity index (χ2v) is 6.36. The number of aromatic nitrogens is 2. The smallest absolute Gasteiger partial charge is 0.191 e. The lowest BCUT2D eigenvalue weighted by Crippen LogP contribution is -2.37. The van der Waals surface area contributed by atoms with Gasteiger partial charge in [0.15, 0.2) is 17.5 Å². The van der Waals surface area contributed by atoms with Gasteiger partial charge in [0.25, 0.3) is 0 Å². The van der Waals surface area contributed by atoms with E-state index in [9.17, 15) is 0 Å². The van der Waals surface area contributed by atoms with Crippen LogP contribution in [0.3, 0.4) is 0 Å². The molecule has 7 nitrogen and oxygen atoms in total. The van der Waals surface area contributed by atoms with Gasteiger partial charge in [-0.3, -0.25) is 4.99 Å². The summed E-state index contributed by atoms with van der Waals surface area (Å²) in [5, 5.41) is 6.61. The molecule has 1 heterocycles. The molecule has 1 aromatic carbocycles. The fraction of sp³-hybridized carbons (Fsp3) is 0.474. The Morgan fingerprint density at radius 3 is 2.48 bits per heavy atom. The van der Waals surface area contributed by atoms with Crippen molar-refractivity contribution in [1.29, 1.82) is 0 Å². The lowest BCUT2D eigenvalue weighted by atomic mass is 10.2. The van der Waals surface area contributed by atoms with Crippen molar-refractivity contribution < 1.29 is 9.47 Å². The summed E-state index contributed by atoms with van der Waals surface area (Å²) in [5.74, 6) is 3.72. The van der Waals surface area contributed by atoms with Gasteiger partial charge in [-0.05, 0) is 23.6 Å². The first-order valence-electron chi connectivity index (χ1n) is 8.72. The zero-order valence-corrected chi connectivity index (χ0v) is 19.0. The number of benzene rings is 1. The van der Waals surface area contributed by atoms with Crippen molar-refractivity contribution in [3.05, 3.63) is 42.0 Å².